The minimum Gasteiger partial charge on any atom is -0.363 e. The molecule has 7 nitrogen and oxygen atoms in total. The molecule has 6 rings (SSSR count). The van der Waals surface area contributed by atoms with Crippen LogP contribution in [0.15, 0.2) is 0 Å². The highest BCUT2D eigenvalue weighted by molar-refractivity contribution is 5.18. The third-order valence-electron chi connectivity index (χ3n) is 6.53. The van der Waals surface area contributed by atoms with Crippen LogP contribution in [-0.4, -0.2) is 41.4 Å². The maximum atomic E-state index is 9.28. The first-order valence-corrected chi connectivity index (χ1v) is 8.18. The van der Waals surface area contributed by atoms with E-state index in [0.717, 1.165) is 25.7 Å². The standard InChI is InChI=1S/C15H22O7/c1-8-3-4-10-14(7-17-14)11(20-16)18-12-15(10)9(8)5-6-13(2,19-12)21-22-15/h8-12,16H,3-7H2,1-2H3/t8-,9+,10+,11-,12-,13-,14+,15-/m1/s1. The van der Waals surface area contributed by atoms with Crippen LogP contribution in [0.1, 0.15) is 39.5 Å². The Bertz CT molecular complexity index is 494. The maximum Gasteiger partial charge on any atom is 0.225 e. The lowest BCUT2D eigenvalue weighted by atomic mass is 9.58. The van der Waals surface area contributed by atoms with Crippen molar-refractivity contribution in [3.05, 3.63) is 0 Å². The second-order valence-corrected chi connectivity index (χ2v) is 7.67. The Morgan fingerprint density at radius 3 is 2.73 bits per heavy atom. The topological polar surface area (TPSA) is 78.9 Å². The van der Waals surface area contributed by atoms with Gasteiger partial charge in [0.05, 0.1) is 6.61 Å². The summed E-state index contributed by atoms with van der Waals surface area (Å²) in [5.41, 5.74) is -1.33. The molecule has 6 aliphatic rings. The number of hydrogen-bond donors (Lipinski definition) is 1. The molecule has 0 unspecified atom stereocenters. The normalized spacial score (nSPS) is 62.6. The van der Waals surface area contributed by atoms with Crippen molar-refractivity contribution < 1.29 is 34.1 Å². The van der Waals surface area contributed by atoms with Crippen LogP contribution in [0.5, 0.6) is 0 Å². The van der Waals surface area contributed by atoms with E-state index in [1.165, 1.54) is 0 Å². The molecule has 22 heavy (non-hydrogen) atoms. The van der Waals surface area contributed by atoms with Gasteiger partial charge in [-0.25, -0.2) is 19.9 Å². The predicted octanol–water partition coefficient (Wildman–Crippen LogP) is 1.82. The Hall–Kier alpha value is -0.280. The van der Waals surface area contributed by atoms with Crippen molar-refractivity contribution in [3.63, 3.8) is 0 Å². The van der Waals surface area contributed by atoms with E-state index in [1.54, 1.807) is 0 Å². The quantitative estimate of drug-likeness (QED) is 0.449. The monoisotopic (exact) mass is 314 g/mol. The van der Waals surface area contributed by atoms with Gasteiger partial charge in [-0.05, 0) is 38.0 Å². The molecule has 0 amide bonds. The number of hydrogen-bond acceptors (Lipinski definition) is 7. The van der Waals surface area contributed by atoms with Crippen LogP contribution in [-0.2, 0) is 28.9 Å². The fourth-order valence-corrected chi connectivity index (χ4v) is 5.27. The van der Waals surface area contributed by atoms with E-state index in [9.17, 15) is 5.26 Å². The Morgan fingerprint density at radius 1 is 1.18 bits per heavy atom. The Balaban J connectivity index is 1.64. The van der Waals surface area contributed by atoms with Gasteiger partial charge in [-0.3, -0.25) is 0 Å². The van der Waals surface area contributed by atoms with E-state index in [2.05, 4.69) is 11.8 Å². The molecule has 124 valence electrons. The first-order valence-electron chi connectivity index (χ1n) is 8.18. The van der Waals surface area contributed by atoms with E-state index < -0.39 is 29.6 Å². The van der Waals surface area contributed by atoms with Crippen LogP contribution in [0.3, 0.4) is 0 Å². The molecule has 1 saturated carbocycles. The van der Waals surface area contributed by atoms with Crippen molar-refractivity contribution in [3.8, 4) is 0 Å². The van der Waals surface area contributed by atoms with Gasteiger partial charge in [0.1, 0.15) is 0 Å². The second-order valence-electron chi connectivity index (χ2n) is 7.67. The molecule has 0 aromatic carbocycles. The molecule has 7 heteroatoms. The molecule has 0 aromatic heterocycles. The lowest BCUT2D eigenvalue weighted by Gasteiger charge is -2.59. The highest BCUT2D eigenvalue weighted by Gasteiger charge is 2.78. The molecule has 6 fully saturated rings. The molecule has 8 atom stereocenters. The van der Waals surface area contributed by atoms with Gasteiger partial charge in [-0.2, -0.15) is 0 Å². The van der Waals surface area contributed by atoms with Gasteiger partial charge in [-0.15, -0.1) is 0 Å². The fourth-order valence-electron chi connectivity index (χ4n) is 5.27. The summed E-state index contributed by atoms with van der Waals surface area (Å²) in [6, 6.07) is 0. The molecular formula is C15H22O7. The number of ether oxygens (including phenoxy) is 3. The van der Waals surface area contributed by atoms with Crippen LogP contribution >= 0.6 is 0 Å². The van der Waals surface area contributed by atoms with Crippen LogP contribution < -0.4 is 0 Å². The third kappa shape index (κ3) is 1.51. The van der Waals surface area contributed by atoms with Gasteiger partial charge in [-0.1, -0.05) is 6.92 Å². The summed E-state index contributed by atoms with van der Waals surface area (Å²) >= 11 is 0. The molecular weight excluding hydrogens is 292 g/mol. The van der Waals surface area contributed by atoms with Gasteiger partial charge < -0.3 is 14.2 Å². The zero-order valence-electron chi connectivity index (χ0n) is 12.8. The number of rotatable bonds is 1. The average molecular weight is 314 g/mol. The van der Waals surface area contributed by atoms with Crippen molar-refractivity contribution >= 4 is 0 Å². The summed E-state index contributed by atoms with van der Waals surface area (Å²) < 4.78 is 17.8. The zero-order valence-corrected chi connectivity index (χ0v) is 12.8. The van der Waals surface area contributed by atoms with E-state index in [1.807, 2.05) is 6.92 Å². The van der Waals surface area contributed by atoms with Crippen molar-refractivity contribution in [1.29, 1.82) is 0 Å². The minimum atomic E-state index is -0.839. The summed E-state index contributed by atoms with van der Waals surface area (Å²) in [4.78, 5) is 16.3. The van der Waals surface area contributed by atoms with Gasteiger partial charge in [0.15, 0.2) is 17.5 Å². The Morgan fingerprint density at radius 2 is 2.00 bits per heavy atom. The summed E-state index contributed by atoms with van der Waals surface area (Å²) in [6.07, 6.45) is 2.28. The lowest BCUT2D eigenvalue weighted by Crippen LogP contribution is -2.73. The smallest absolute Gasteiger partial charge is 0.225 e. The van der Waals surface area contributed by atoms with Gasteiger partial charge in [0.25, 0.3) is 0 Å². The summed E-state index contributed by atoms with van der Waals surface area (Å²) in [5.74, 6) is -0.00894. The highest BCUT2D eigenvalue weighted by Crippen LogP contribution is 2.64. The van der Waals surface area contributed by atoms with Crippen LogP contribution in [0.2, 0.25) is 0 Å². The van der Waals surface area contributed by atoms with E-state index >= 15 is 0 Å². The van der Waals surface area contributed by atoms with Crippen LogP contribution in [0, 0.1) is 17.8 Å². The molecule has 0 radical (unpaired) electrons. The Kier molecular flexibility index (Phi) is 2.70. The molecule has 5 saturated heterocycles. The van der Waals surface area contributed by atoms with Crippen LogP contribution in [0.25, 0.3) is 0 Å². The van der Waals surface area contributed by atoms with Gasteiger partial charge in [0, 0.05) is 12.3 Å². The predicted molar refractivity (Wildman–Crippen MR) is 70.1 cm³/mol. The molecule has 2 spiro atoms. The summed E-state index contributed by atoms with van der Waals surface area (Å²) in [7, 11) is 0. The summed E-state index contributed by atoms with van der Waals surface area (Å²) in [6.45, 7) is 4.62. The SMILES string of the molecule is C[C@@H]1CC[C@H]2[C@@]3(CO3)[C@@H](OO)O[C@@H]3O[C@@]4(C)CC[C@@H]1[C@]32OO4. The molecule has 2 bridgehead atoms. The first-order chi connectivity index (χ1) is 10.5. The van der Waals surface area contributed by atoms with E-state index in [0.29, 0.717) is 12.5 Å². The zero-order chi connectivity index (χ0) is 15.2. The largest absolute Gasteiger partial charge is 0.363 e. The number of fused-ring (bicyclic) bond motifs is 3. The summed E-state index contributed by atoms with van der Waals surface area (Å²) in [5, 5.41) is 9.28. The second kappa shape index (κ2) is 4.22. The maximum absolute atomic E-state index is 9.28. The van der Waals surface area contributed by atoms with E-state index in [4.69, 9.17) is 24.0 Å². The minimum absolute atomic E-state index is 0.0275. The average Bonchev–Trinajstić information content (AvgIpc) is 3.30. The molecule has 0 aromatic rings. The molecule has 5 heterocycles. The van der Waals surface area contributed by atoms with Gasteiger partial charge in [0.2, 0.25) is 12.1 Å². The molecule has 1 aliphatic carbocycles. The highest BCUT2D eigenvalue weighted by atomic mass is 17.3. The molecule has 1 N–H and O–H groups in total. The van der Waals surface area contributed by atoms with Gasteiger partial charge >= 0.3 is 0 Å². The van der Waals surface area contributed by atoms with Crippen molar-refractivity contribution in [2.45, 2.75) is 69.1 Å². The van der Waals surface area contributed by atoms with Crippen molar-refractivity contribution in [1.82, 2.24) is 0 Å². The van der Waals surface area contributed by atoms with Crippen molar-refractivity contribution in [2.24, 2.45) is 17.8 Å². The molecule has 5 aliphatic heterocycles. The van der Waals surface area contributed by atoms with Crippen molar-refractivity contribution in [2.75, 3.05) is 6.61 Å². The fraction of sp³-hybridized carbons (Fsp3) is 1.00. The number of epoxide rings is 1. The van der Waals surface area contributed by atoms with E-state index in [-0.39, 0.29) is 11.8 Å². The van der Waals surface area contributed by atoms with Crippen LogP contribution in [0.4, 0.5) is 0 Å². The lowest BCUT2D eigenvalue weighted by molar-refractivity contribution is -0.585. The Labute approximate surface area is 128 Å². The third-order valence-corrected chi connectivity index (χ3v) is 6.53. The first kappa shape index (κ1) is 14.1.